The monoisotopic (exact) mass is 345 g/mol. The van der Waals surface area contributed by atoms with E-state index in [9.17, 15) is 0 Å². The highest BCUT2D eigenvalue weighted by Gasteiger charge is 2.01. The Balaban J connectivity index is 2.50. The number of hydrogen-bond acceptors (Lipinski definition) is 3. The SMILES string of the molecule is S=c1[nH]c(-c2ccc(Br)cn2)ncc1Br. The smallest absolute Gasteiger partial charge is 0.157 e. The van der Waals surface area contributed by atoms with Gasteiger partial charge in [-0.1, -0.05) is 12.2 Å². The largest absolute Gasteiger partial charge is 0.329 e. The molecule has 0 unspecified atom stereocenters. The van der Waals surface area contributed by atoms with Crippen LogP contribution in [0.2, 0.25) is 0 Å². The lowest BCUT2D eigenvalue weighted by Crippen LogP contribution is -1.91. The Labute approximate surface area is 108 Å². The third-order valence-electron chi connectivity index (χ3n) is 1.73. The topological polar surface area (TPSA) is 41.6 Å². The van der Waals surface area contributed by atoms with Gasteiger partial charge in [-0.05, 0) is 44.0 Å². The standard InChI is InChI=1S/C9H5Br2N3S/c10-5-1-2-7(12-3-5)8-13-4-6(11)9(15)14-8/h1-4H,(H,13,14,15). The molecule has 0 aliphatic heterocycles. The Kier molecular flexibility index (Phi) is 3.28. The van der Waals surface area contributed by atoms with E-state index in [0.717, 1.165) is 14.6 Å². The second-order valence-corrected chi connectivity index (χ2v) is 4.95. The molecule has 0 saturated carbocycles. The Bertz CT molecular complexity index is 536. The highest BCUT2D eigenvalue weighted by atomic mass is 79.9. The van der Waals surface area contributed by atoms with Crippen LogP contribution >= 0.6 is 44.1 Å². The molecule has 3 nitrogen and oxygen atoms in total. The van der Waals surface area contributed by atoms with Crippen LogP contribution in [0.4, 0.5) is 0 Å². The molecule has 0 fully saturated rings. The van der Waals surface area contributed by atoms with Crippen LogP contribution in [0.25, 0.3) is 11.5 Å². The number of H-pyrrole nitrogens is 1. The zero-order valence-electron chi connectivity index (χ0n) is 7.37. The van der Waals surface area contributed by atoms with Crippen molar-refractivity contribution in [1.29, 1.82) is 0 Å². The molecule has 6 heteroatoms. The molecule has 0 spiro atoms. The van der Waals surface area contributed by atoms with E-state index < -0.39 is 0 Å². The van der Waals surface area contributed by atoms with E-state index in [1.807, 2.05) is 12.1 Å². The molecular formula is C9H5Br2N3S. The third kappa shape index (κ3) is 2.50. The molecule has 0 aliphatic rings. The Hall–Kier alpha value is -0.590. The summed E-state index contributed by atoms with van der Waals surface area (Å²) in [6.45, 7) is 0. The van der Waals surface area contributed by atoms with Crippen molar-refractivity contribution in [1.82, 2.24) is 15.0 Å². The average Bonchev–Trinajstić information content (AvgIpc) is 2.23. The van der Waals surface area contributed by atoms with E-state index in [1.54, 1.807) is 12.4 Å². The predicted octanol–water partition coefficient (Wildman–Crippen LogP) is 3.73. The molecular weight excluding hydrogens is 342 g/mol. The summed E-state index contributed by atoms with van der Waals surface area (Å²) >= 11 is 11.7. The van der Waals surface area contributed by atoms with Crippen molar-refractivity contribution >= 4 is 44.1 Å². The molecule has 76 valence electrons. The van der Waals surface area contributed by atoms with Crippen molar-refractivity contribution < 1.29 is 0 Å². The molecule has 15 heavy (non-hydrogen) atoms. The maximum absolute atomic E-state index is 5.09. The van der Waals surface area contributed by atoms with Crippen LogP contribution in [0.3, 0.4) is 0 Å². The van der Waals surface area contributed by atoms with Crippen molar-refractivity contribution in [2.75, 3.05) is 0 Å². The number of halogens is 2. The van der Waals surface area contributed by atoms with Crippen LogP contribution in [-0.4, -0.2) is 15.0 Å². The zero-order chi connectivity index (χ0) is 10.8. The Morgan fingerprint density at radius 2 is 1.93 bits per heavy atom. The van der Waals surface area contributed by atoms with Crippen LogP contribution in [0.1, 0.15) is 0 Å². The summed E-state index contributed by atoms with van der Waals surface area (Å²) in [4.78, 5) is 11.4. The van der Waals surface area contributed by atoms with Crippen LogP contribution in [0.5, 0.6) is 0 Å². The number of rotatable bonds is 1. The fourth-order valence-electron chi connectivity index (χ4n) is 1.03. The number of nitrogens with zero attached hydrogens (tertiary/aromatic N) is 2. The average molecular weight is 347 g/mol. The van der Waals surface area contributed by atoms with Gasteiger partial charge in [0, 0.05) is 16.9 Å². The third-order valence-corrected chi connectivity index (χ3v) is 3.38. The van der Waals surface area contributed by atoms with Crippen molar-refractivity contribution in [3.8, 4) is 11.5 Å². The van der Waals surface area contributed by atoms with E-state index in [4.69, 9.17) is 12.2 Å². The molecule has 0 amide bonds. The van der Waals surface area contributed by atoms with Crippen molar-refractivity contribution in [3.63, 3.8) is 0 Å². The van der Waals surface area contributed by atoms with Gasteiger partial charge < -0.3 is 4.98 Å². The van der Waals surface area contributed by atoms with Crippen LogP contribution in [0, 0.1) is 4.64 Å². The number of aromatic nitrogens is 3. The van der Waals surface area contributed by atoms with Gasteiger partial charge in [0.1, 0.15) is 10.3 Å². The number of aromatic amines is 1. The summed E-state index contributed by atoms with van der Waals surface area (Å²) in [5, 5.41) is 0. The normalized spacial score (nSPS) is 10.3. The maximum Gasteiger partial charge on any atom is 0.157 e. The van der Waals surface area contributed by atoms with Gasteiger partial charge in [-0.25, -0.2) is 4.98 Å². The molecule has 1 N–H and O–H groups in total. The van der Waals surface area contributed by atoms with Gasteiger partial charge in [0.15, 0.2) is 5.82 Å². The molecule has 2 aromatic heterocycles. The fraction of sp³-hybridized carbons (Fsp3) is 0. The van der Waals surface area contributed by atoms with Crippen LogP contribution in [0.15, 0.2) is 33.5 Å². The van der Waals surface area contributed by atoms with Gasteiger partial charge in [0.25, 0.3) is 0 Å². The summed E-state index contributed by atoms with van der Waals surface area (Å²) in [6, 6.07) is 3.77. The minimum absolute atomic E-state index is 0.615. The molecule has 0 radical (unpaired) electrons. The van der Waals surface area contributed by atoms with Crippen LogP contribution in [-0.2, 0) is 0 Å². The quantitative estimate of drug-likeness (QED) is 0.800. The first kappa shape index (κ1) is 10.9. The Morgan fingerprint density at radius 3 is 2.53 bits per heavy atom. The maximum atomic E-state index is 5.09. The summed E-state index contributed by atoms with van der Waals surface area (Å²) in [6.07, 6.45) is 3.38. The first-order chi connectivity index (χ1) is 7.16. The van der Waals surface area contributed by atoms with E-state index in [1.165, 1.54) is 0 Å². The van der Waals surface area contributed by atoms with Crippen molar-refractivity contribution in [2.45, 2.75) is 0 Å². The fourth-order valence-corrected chi connectivity index (χ4v) is 1.61. The van der Waals surface area contributed by atoms with Crippen molar-refractivity contribution in [3.05, 3.63) is 38.1 Å². The van der Waals surface area contributed by atoms with Gasteiger partial charge in [0.2, 0.25) is 0 Å². The highest BCUT2D eigenvalue weighted by Crippen LogP contribution is 2.17. The molecule has 0 aliphatic carbocycles. The van der Waals surface area contributed by atoms with Gasteiger partial charge in [-0.3, -0.25) is 4.98 Å². The highest BCUT2D eigenvalue weighted by molar-refractivity contribution is 9.10. The lowest BCUT2D eigenvalue weighted by molar-refractivity contribution is 1.11. The minimum Gasteiger partial charge on any atom is -0.329 e. The van der Waals surface area contributed by atoms with E-state index >= 15 is 0 Å². The first-order valence-corrected chi connectivity index (χ1v) is 6.03. The lowest BCUT2D eigenvalue weighted by atomic mass is 10.3. The number of nitrogens with one attached hydrogen (secondary N) is 1. The van der Waals surface area contributed by atoms with Gasteiger partial charge in [0.05, 0.1) is 4.47 Å². The van der Waals surface area contributed by atoms with Crippen LogP contribution < -0.4 is 0 Å². The number of hydrogen-bond donors (Lipinski definition) is 1. The summed E-state index contributed by atoms with van der Waals surface area (Å²) in [7, 11) is 0. The summed E-state index contributed by atoms with van der Waals surface area (Å²) in [5.74, 6) is 0.663. The zero-order valence-corrected chi connectivity index (χ0v) is 11.4. The predicted molar refractivity (Wildman–Crippen MR) is 68.1 cm³/mol. The molecule has 0 atom stereocenters. The molecule has 2 rings (SSSR count). The first-order valence-electron chi connectivity index (χ1n) is 4.03. The van der Waals surface area contributed by atoms with Crippen molar-refractivity contribution in [2.24, 2.45) is 0 Å². The van der Waals surface area contributed by atoms with Gasteiger partial charge in [-0.15, -0.1) is 0 Å². The molecule has 0 aromatic carbocycles. The van der Waals surface area contributed by atoms with Gasteiger partial charge >= 0.3 is 0 Å². The molecule has 0 saturated heterocycles. The molecule has 2 heterocycles. The van der Waals surface area contributed by atoms with E-state index in [2.05, 4.69) is 46.8 Å². The second kappa shape index (κ2) is 4.51. The molecule has 0 bridgehead atoms. The number of pyridine rings is 1. The Morgan fingerprint density at radius 1 is 1.13 bits per heavy atom. The summed E-state index contributed by atoms with van der Waals surface area (Å²) in [5.41, 5.74) is 0.761. The second-order valence-electron chi connectivity index (χ2n) is 2.77. The van der Waals surface area contributed by atoms with E-state index in [-0.39, 0.29) is 0 Å². The van der Waals surface area contributed by atoms with Gasteiger partial charge in [-0.2, -0.15) is 0 Å². The lowest BCUT2D eigenvalue weighted by Gasteiger charge is -2.00. The minimum atomic E-state index is 0.615. The molecule has 2 aromatic rings. The van der Waals surface area contributed by atoms with E-state index in [0.29, 0.717) is 10.5 Å². The summed E-state index contributed by atoms with van der Waals surface area (Å²) < 4.78 is 2.32.